The molecule has 0 aromatic rings. The van der Waals surface area contributed by atoms with Gasteiger partial charge in [-0.2, -0.15) is 0 Å². The van der Waals surface area contributed by atoms with Crippen LogP contribution in [0.4, 0.5) is 0 Å². The third kappa shape index (κ3) is 0.969. The van der Waals surface area contributed by atoms with Crippen LogP contribution in [-0.2, 0) is 0 Å². The predicted octanol–water partition coefficient (Wildman–Crippen LogP) is -3.03. The maximum absolute atomic E-state index is 9.33. The molecule has 0 aromatic heterocycles. The van der Waals surface area contributed by atoms with Crippen molar-refractivity contribution in [2.75, 3.05) is 6.54 Å². The molecule has 0 amide bonds. The minimum Gasteiger partial charge on any atom is -0.390 e. The molecule has 2 saturated heterocycles. The molecule has 2 bridgehead atoms. The number of nitrogens with one attached hydrogen (secondary N) is 2. The van der Waals surface area contributed by atoms with Gasteiger partial charge in [-0.25, -0.2) is 0 Å². The first-order valence-electron chi connectivity index (χ1n) is 3.74. The molecule has 2 rings (SSSR count). The van der Waals surface area contributed by atoms with Crippen LogP contribution in [0.25, 0.3) is 0 Å². The Kier molecular flexibility index (Phi) is 1.62. The Morgan fingerprint density at radius 3 is 2.45 bits per heavy atom. The molecule has 5 heteroatoms. The lowest BCUT2D eigenvalue weighted by molar-refractivity contribution is 0.0134. The van der Waals surface area contributed by atoms with E-state index in [2.05, 4.69) is 10.6 Å². The van der Waals surface area contributed by atoms with Crippen LogP contribution in [0.15, 0.2) is 0 Å². The lowest BCUT2D eigenvalue weighted by Crippen LogP contribution is -2.57. The van der Waals surface area contributed by atoms with E-state index in [1.165, 1.54) is 0 Å². The topological polar surface area (TPSA) is 84.8 Å². The zero-order chi connectivity index (χ0) is 8.01. The number of hydrogen-bond acceptors (Lipinski definition) is 5. The van der Waals surface area contributed by atoms with E-state index in [0.717, 1.165) is 0 Å². The van der Waals surface area contributed by atoms with Crippen molar-refractivity contribution in [2.45, 2.75) is 30.5 Å². The number of aliphatic hydroxyl groups is 3. The van der Waals surface area contributed by atoms with Gasteiger partial charge in [0.15, 0.2) is 0 Å². The normalized spacial score (nSPS) is 56.5. The molecule has 0 aliphatic carbocycles. The van der Waals surface area contributed by atoms with E-state index >= 15 is 0 Å². The average molecular weight is 160 g/mol. The molecule has 5 nitrogen and oxygen atoms in total. The van der Waals surface area contributed by atoms with Crippen molar-refractivity contribution in [1.82, 2.24) is 10.6 Å². The van der Waals surface area contributed by atoms with E-state index in [9.17, 15) is 15.3 Å². The van der Waals surface area contributed by atoms with Gasteiger partial charge in [-0.1, -0.05) is 0 Å². The van der Waals surface area contributed by atoms with Crippen LogP contribution < -0.4 is 10.6 Å². The zero-order valence-electron chi connectivity index (χ0n) is 5.94. The van der Waals surface area contributed by atoms with Crippen molar-refractivity contribution in [3.63, 3.8) is 0 Å². The van der Waals surface area contributed by atoms with Crippen LogP contribution in [0.3, 0.4) is 0 Å². The number of aliphatic hydroxyl groups excluding tert-OH is 3. The zero-order valence-corrected chi connectivity index (χ0v) is 5.94. The molecule has 5 atom stereocenters. The standard InChI is InChI=1S/C6H12N2O3/c9-2-1-7-6-5(11)4(10)3(2)8-6/h2-11H,1H2/t2-,3+,4+,5-,6+/m1/s1. The second-order valence-electron chi connectivity index (χ2n) is 3.13. The largest absolute Gasteiger partial charge is 0.390 e. The van der Waals surface area contributed by atoms with Crippen LogP contribution >= 0.6 is 0 Å². The molecule has 2 fully saturated rings. The molecule has 2 heterocycles. The molecule has 0 aromatic carbocycles. The second kappa shape index (κ2) is 2.40. The summed E-state index contributed by atoms with van der Waals surface area (Å²) in [6, 6.07) is -0.378. The van der Waals surface area contributed by atoms with Crippen LogP contribution in [0, 0.1) is 0 Å². The minimum absolute atomic E-state index is 0.265. The fraction of sp³-hybridized carbons (Fsp3) is 1.00. The van der Waals surface area contributed by atoms with E-state index in [4.69, 9.17) is 0 Å². The third-order valence-corrected chi connectivity index (χ3v) is 2.39. The summed E-state index contributed by atoms with van der Waals surface area (Å²) in [5.41, 5.74) is 0. The quantitative estimate of drug-likeness (QED) is 0.260. The maximum Gasteiger partial charge on any atom is 0.110 e. The summed E-state index contributed by atoms with van der Waals surface area (Å²) in [4.78, 5) is 0. The second-order valence-corrected chi connectivity index (χ2v) is 3.13. The lowest BCUT2D eigenvalue weighted by Gasteiger charge is -2.27. The molecule has 5 N–H and O–H groups in total. The van der Waals surface area contributed by atoms with Gasteiger partial charge in [0.2, 0.25) is 0 Å². The summed E-state index contributed by atoms with van der Waals surface area (Å²) in [5, 5.41) is 33.7. The predicted molar refractivity (Wildman–Crippen MR) is 36.7 cm³/mol. The van der Waals surface area contributed by atoms with Gasteiger partial charge in [0.25, 0.3) is 0 Å². The van der Waals surface area contributed by atoms with Crippen molar-refractivity contribution >= 4 is 0 Å². The monoisotopic (exact) mass is 160 g/mol. The summed E-state index contributed by atoms with van der Waals surface area (Å²) in [6.07, 6.45) is -2.54. The third-order valence-electron chi connectivity index (χ3n) is 2.39. The van der Waals surface area contributed by atoms with Crippen LogP contribution in [-0.4, -0.2) is 52.4 Å². The Bertz CT molecular complexity index is 166. The van der Waals surface area contributed by atoms with Crippen molar-refractivity contribution in [1.29, 1.82) is 0 Å². The SMILES string of the molecule is O[C@@H]1[C@@H](O)[C@H]2NC[C@@H](O)[C@@H]1N2. The Morgan fingerprint density at radius 1 is 1.09 bits per heavy atom. The van der Waals surface area contributed by atoms with Gasteiger partial charge in [-0.3, -0.25) is 10.6 Å². The van der Waals surface area contributed by atoms with Gasteiger partial charge in [0.1, 0.15) is 12.2 Å². The molecule has 2 aliphatic rings. The van der Waals surface area contributed by atoms with Crippen molar-refractivity contribution in [3.05, 3.63) is 0 Å². The molecular weight excluding hydrogens is 148 g/mol. The van der Waals surface area contributed by atoms with Crippen LogP contribution in [0.5, 0.6) is 0 Å². The highest BCUT2D eigenvalue weighted by atomic mass is 16.3. The van der Waals surface area contributed by atoms with Gasteiger partial charge < -0.3 is 15.3 Å². The molecule has 11 heavy (non-hydrogen) atoms. The molecule has 2 aliphatic heterocycles. The maximum atomic E-state index is 9.33. The van der Waals surface area contributed by atoms with E-state index in [0.29, 0.717) is 6.54 Å². The Morgan fingerprint density at radius 2 is 1.82 bits per heavy atom. The first-order valence-corrected chi connectivity index (χ1v) is 3.74. The molecule has 0 saturated carbocycles. The van der Waals surface area contributed by atoms with E-state index < -0.39 is 18.3 Å². The summed E-state index contributed by atoms with van der Waals surface area (Å²) < 4.78 is 0. The Hall–Kier alpha value is -0.200. The molecule has 0 radical (unpaired) electrons. The van der Waals surface area contributed by atoms with Gasteiger partial charge in [-0.05, 0) is 0 Å². The summed E-state index contributed by atoms with van der Waals surface area (Å²) in [6.45, 7) is 0.427. The number of β-amino-alcohol motifs (C(OH)–C–C–N with tert-alkyl or cyclic N) is 1. The van der Waals surface area contributed by atoms with E-state index in [-0.39, 0.29) is 12.2 Å². The molecule has 0 unspecified atom stereocenters. The van der Waals surface area contributed by atoms with Gasteiger partial charge in [-0.15, -0.1) is 0 Å². The van der Waals surface area contributed by atoms with E-state index in [1.54, 1.807) is 0 Å². The highest BCUT2D eigenvalue weighted by molar-refractivity contribution is 5.04. The van der Waals surface area contributed by atoms with Crippen LogP contribution in [0.1, 0.15) is 0 Å². The molecular formula is C6H12N2O3. The molecule has 64 valence electrons. The first kappa shape index (κ1) is 7.45. The highest BCUT2D eigenvalue weighted by Crippen LogP contribution is 2.19. The Labute approximate surface area is 64.0 Å². The highest BCUT2D eigenvalue weighted by Gasteiger charge is 2.47. The lowest BCUT2D eigenvalue weighted by atomic mass is 10.1. The number of rotatable bonds is 0. The minimum atomic E-state index is -0.856. The van der Waals surface area contributed by atoms with Crippen molar-refractivity contribution < 1.29 is 15.3 Å². The fourth-order valence-corrected chi connectivity index (χ4v) is 1.71. The van der Waals surface area contributed by atoms with Gasteiger partial charge >= 0.3 is 0 Å². The molecule has 0 spiro atoms. The van der Waals surface area contributed by atoms with Gasteiger partial charge in [0.05, 0.1) is 18.3 Å². The van der Waals surface area contributed by atoms with Crippen LogP contribution in [0.2, 0.25) is 0 Å². The van der Waals surface area contributed by atoms with Crippen molar-refractivity contribution in [3.8, 4) is 0 Å². The average Bonchev–Trinajstić information content (AvgIpc) is 2.24. The summed E-state index contributed by atoms with van der Waals surface area (Å²) >= 11 is 0. The Balaban J connectivity index is 2.16. The smallest absolute Gasteiger partial charge is 0.110 e. The van der Waals surface area contributed by atoms with E-state index in [1.807, 2.05) is 0 Å². The van der Waals surface area contributed by atoms with Gasteiger partial charge in [0, 0.05) is 6.54 Å². The first-order chi connectivity index (χ1) is 5.20. The number of hydrogen-bond donors (Lipinski definition) is 5. The summed E-state index contributed by atoms with van der Waals surface area (Å²) in [5.74, 6) is 0. The van der Waals surface area contributed by atoms with Crippen molar-refractivity contribution in [2.24, 2.45) is 0 Å². The summed E-state index contributed by atoms with van der Waals surface area (Å²) in [7, 11) is 0. The fourth-order valence-electron chi connectivity index (χ4n) is 1.71. The number of fused-ring (bicyclic) bond motifs is 2.